The number of fused-ring (bicyclic) bond motifs is 3. The maximum atomic E-state index is 12.5. The van der Waals surface area contributed by atoms with Crippen molar-refractivity contribution in [3.63, 3.8) is 0 Å². The second kappa shape index (κ2) is 20.5. The molecule has 3 aromatic carbocycles. The highest BCUT2D eigenvalue weighted by Crippen LogP contribution is 2.39. The number of hydrogen-bond acceptors (Lipinski definition) is 19. The van der Waals surface area contributed by atoms with Crippen LogP contribution in [0.4, 0.5) is 5.82 Å². The number of nitrogens with zero attached hydrogens (tertiary/aromatic N) is 21. The molecule has 1 aliphatic carbocycles. The van der Waals surface area contributed by atoms with Crippen molar-refractivity contribution in [1.82, 2.24) is 104 Å². The van der Waals surface area contributed by atoms with Gasteiger partial charge in [0.25, 0.3) is 17.8 Å². The normalized spacial score (nSPS) is 12.7. The number of aromatic nitrogens is 21. The minimum Gasteiger partial charge on any atom is -0.310 e. The molecule has 0 radical (unpaired) electrons. The molecule has 388 valence electrons. The van der Waals surface area contributed by atoms with Gasteiger partial charge in [-0.2, -0.15) is 0 Å². The second-order valence-electron chi connectivity index (χ2n) is 17.9. The fraction of sp³-hybridized carbons (Fsp3) is 0.184. The first kappa shape index (κ1) is 49.7. The van der Waals surface area contributed by atoms with Crippen molar-refractivity contribution in [2.24, 2.45) is 27.1 Å². The topological polar surface area (TPSA) is 252 Å². The lowest BCUT2D eigenvalue weighted by atomic mass is 10.1. The summed E-state index contributed by atoms with van der Waals surface area (Å²) in [4.78, 5) is 42.3. The molecular weight excluding hydrogens is 1120 g/mol. The Bertz CT molecular complexity index is 4310. The number of amides is 1. The van der Waals surface area contributed by atoms with Crippen molar-refractivity contribution in [3.8, 4) is 40.4 Å². The van der Waals surface area contributed by atoms with Gasteiger partial charge in [0, 0.05) is 60.5 Å². The van der Waals surface area contributed by atoms with Crippen LogP contribution in [0.1, 0.15) is 29.9 Å². The Morgan fingerprint density at radius 1 is 0.551 bits per heavy atom. The van der Waals surface area contributed by atoms with Crippen molar-refractivity contribution in [1.29, 1.82) is 0 Å². The van der Waals surface area contributed by atoms with Crippen molar-refractivity contribution < 1.29 is 4.79 Å². The van der Waals surface area contributed by atoms with Gasteiger partial charge >= 0.3 is 0 Å². The molecule has 78 heavy (non-hydrogen) atoms. The third-order valence-corrected chi connectivity index (χ3v) is 16.4. The third-order valence-electron chi connectivity index (χ3n) is 12.6. The Balaban J connectivity index is 0.781. The molecule has 1 saturated carbocycles. The monoisotopic (exact) mass is 1150 g/mol. The number of anilines is 1. The molecule has 9 aromatic heterocycles. The molecule has 0 atom stereocenters. The van der Waals surface area contributed by atoms with E-state index in [-0.39, 0.29) is 11.8 Å². The molecule has 0 bridgehead atoms. The number of nitrogens with one attached hydrogen (secondary N) is 1. The van der Waals surface area contributed by atoms with Crippen LogP contribution in [0.5, 0.6) is 0 Å². The number of aryl methyl sites for hydroxylation is 3. The summed E-state index contributed by atoms with van der Waals surface area (Å²) >= 11 is 25.3. The number of pyridine rings is 3. The SMILES string of the molecule is Cn1nnnc1-n1c(SCc2cc(Cl)cc(-c3ccc4nc(SCc5nc(-c6cc(Cl)c7c(c6)nc(SCc6cccc(NC(=O)C8CC8)n6)n7-c6nnnn6C)ccc5Cl)n(-c5nnnn5C)c4c3)n2)nc2ccccc21. The molecule has 0 aliphatic heterocycles. The molecule has 0 saturated heterocycles. The van der Waals surface area contributed by atoms with Crippen LogP contribution in [-0.2, 0) is 43.2 Å². The Morgan fingerprint density at radius 3 is 1.90 bits per heavy atom. The lowest BCUT2D eigenvalue weighted by Gasteiger charge is -2.10. The van der Waals surface area contributed by atoms with Crippen LogP contribution >= 0.6 is 70.1 Å². The molecule has 0 unspecified atom stereocenters. The lowest BCUT2D eigenvalue weighted by molar-refractivity contribution is -0.117. The van der Waals surface area contributed by atoms with E-state index in [4.69, 9.17) is 64.7 Å². The number of hydrogen-bond donors (Lipinski definition) is 1. The van der Waals surface area contributed by atoms with E-state index in [1.807, 2.05) is 105 Å². The summed E-state index contributed by atoms with van der Waals surface area (Å²) in [5, 5.41) is 43.2. The van der Waals surface area contributed by atoms with Gasteiger partial charge in [-0.3, -0.25) is 28.5 Å². The van der Waals surface area contributed by atoms with E-state index in [2.05, 4.69) is 51.9 Å². The summed E-state index contributed by atoms with van der Waals surface area (Å²) in [7, 11) is 5.30. The number of tetrazole rings is 3. The van der Waals surface area contributed by atoms with Crippen molar-refractivity contribution in [2.75, 3.05) is 5.32 Å². The number of imidazole rings is 3. The van der Waals surface area contributed by atoms with Crippen LogP contribution in [0.2, 0.25) is 15.1 Å². The molecule has 1 amide bonds. The van der Waals surface area contributed by atoms with Crippen LogP contribution in [-0.4, -0.2) is 110 Å². The quantitative estimate of drug-likeness (QED) is 0.0886. The zero-order valence-electron chi connectivity index (χ0n) is 41.0. The second-order valence-corrected chi connectivity index (χ2v) is 22.0. The lowest BCUT2D eigenvalue weighted by Crippen LogP contribution is -2.14. The smallest absolute Gasteiger partial charge is 0.256 e. The highest BCUT2D eigenvalue weighted by atomic mass is 35.5. The summed E-state index contributed by atoms with van der Waals surface area (Å²) in [6.45, 7) is 0. The van der Waals surface area contributed by atoms with Crippen LogP contribution < -0.4 is 5.32 Å². The number of carbonyl (C=O) groups excluding carboxylic acids is 1. The Labute approximate surface area is 468 Å². The molecule has 29 heteroatoms. The van der Waals surface area contributed by atoms with Crippen molar-refractivity contribution >= 4 is 115 Å². The fourth-order valence-corrected chi connectivity index (χ4v) is 12.3. The Morgan fingerprint density at radius 2 is 1.19 bits per heavy atom. The van der Waals surface area contributed by atoms with Crippen LogP contribution in [0.15, 0.2) is 113 Å². The van der Waals surface area contributed by atoms with Crippen LogP contribution in [0.25, 0.3) is 73.5 Å². The number of thioether (sulfide) groups is 3. The van der Waals surface area contributed by atoms with Gasteiger partial charge in [-0.15, -0.1) is 0 Å². The van der Waals surface area contributed by atoms with Crippen LogP contribution in [0, 0.1) is 5.92 Å². The first-order chi connectivity index (χ1) is 38.0. The number of benzene rings is 3. The van der Waals surface area contributed by atoms with Gasteiger partial charge in [-0.05, 0) is 117 Å². The number of para-hydroxylation sites is 2. The molecule has 9 heterocycles. The van der Waals surface area contributed by atoms with Crippen molar-refractivity contribution in [2.45, 2.75) is 45.6 Å². The molecule has 1 fully saturated rings. The molecule has 12 aromatic rings. The van der Waals surface area contributed by atoms with Gasteiger partial charge in [0.1, 0.15) is 5.82 Å². The summed E-state index contributed by atoms with van der Waals surface area (Å²) in [6.07, 6.45) is 1.80. The average Bonchev–Trinajstić information content (AvgIpc) is 4.16. The van der Waals surface area contributed by atoms with Gasteiger partial charge in [0.05, 0.1) is 71.6 Å². The Kier molecular flexibility index (Phi) is 13.0. The zero-order valence-corrected chi connectivity index (χ0v) is 45.7. The molecule has 0 spiro atoms. The van der Waals surface area contributed by atoms with Crippen molar-refractivity contribution in [3.05, 3.63) is 129 Å². The van der Waals surface area contributed by atoms with Gasteiger partial charge in [0.2, 0.25) is 5.91 Å². The van der Waals surface area contributed by atoms with E-state index in [0.29, 0.717) is 111 Å². The Hall–Kier alpha value is -7.88. The van der Waals surface area contributed by atoms with E-state index in [9.17, 15) is 4.79 Å². The van der Waals surface area contributed by atoms with E-state index >= 15 is 0 Å². The average molecular weight is 1150 g/mol. The van der Waals surface area contributed by atoms with Gasteiger partial charge in [-0.25, -0.2) is 34.0 Å². The molecule has 13 rings (SSSR count). The highest BCUT2D eigenvalue weighted by molar-refractivity contribution is 7.98. The maximum Gasteiger partial charge on any atom is 0.256 e. The summed E-state index contributed by atoms with van der Waals surface area (Å²) < 4.78 is 10.4. The number of rotatable bonds is 16. The third kappa shape index (κ3) is 9.57. The number of carbonyl (C=O) groups is 1. The highest BCUT2D eigenvalue weighted by Gasteiger charge is 2.30. The molecule has 23 nitrogen and oxygen atoms in total. The summed E-state index contributed by atoms with van der Waals surface area (Å²) in [5.41, 5.74) is 9.25. The van der Waals surface area contributed by atoms with Gasteiger partial charge in [-0.1, -0.05) is 110 Å². The van der Waals surface area contributed by atoms with Gasteiger partial charge < -0.3 is 5.32 Å². The predicted octanol–water partition coefficient (Wildman–Crippen LogP) is 8.98. The largest absolute Gasteiger partial charge is 0.310 e. The van der Waals surface area contributed by atoms with Crippen LogP contribution in [0.3, 0.4) is 0 Å². The molecule has 1 aliphatic rings. The summed E-state index contributed by atoms with van der Waals surface area (Å²) in [6, 6.07) is 30.4. The van der Waals surface area contributed by atoms with E-state index in [0.717, 1.165) is 46.3 Å². The van der Waals surface area contributed by atoms with Gasteiger partial charge in [0.15, 0.2) is 15.5 Å². The maximum absolute atomic E-state index is 12.5. The van der Waals surface area contributed by atoms with E-state index in [1.165, 1.54) is 35.3 Å². The first-order valence-electron chi connectivity index (χ1n) is 23.9. The molecule has 1 N–H and O–H groups in total. The standard InChI is InChI=1S/C49H37Cl3N22OS3/c1-69-44(60-63-66-69)72-39-9-5-4-8-34(39)56-47(72)77-23-30-20-28(50)21-36(53-30)26-13-15-35-40(19-26)73(45-61-64-67-70(45)2)48(57-35)78-24-38-31(51)14-16-33(55-38)27-17-32(52)42-37(18-27)58-49(74(42)46-62-65-68-71(46)3)76-22-29-7-6-10-41(54-29)59-43(75)25-11-12-25/h4-10,13-21,25H,11-12,22-24H2,1-3H3,(H,54,59,75). The summed E-state index contributed by atoms with van der Waals surface area (Å²) in [5.74, 6) is 3.19. The van der Waals surface area contributed by atoms with E-state index in [1.54, 1.807) is 41.3 Å². The number of halogens is 3. The minimum atomic E-state index is -0.00753. The first-order valence-corrected chi connectivity index (χ1v) is 28.0. The minimum absolute atomic E-state index is 0.00753. The fourth-order valence-electron chi connectivity index (χ4n) is 8.74. The van der Waals surface area contributed by atoms with E-state index < -0.39 is 0 Å². The zero-order chi connectivity index (χ0) is 53.2. The molecular formula is C49H37Cl3N22OS3. The predicted molar refractivity (Wildman–Crippen MR) is 296 cm³/mol.